The number of nitrogens with one attached hydrogen (secondary N) is 1. The van der Waals surface area contributed by atoms with Crippen molar-refractivity contribution < 1.29 is 0 Å². The molecule has 0 bridgehead atoms. The molecule has 0 saturated heterocycles. The van der Waals surface area contributed by atoms with Gasteiger partial charge in [0.25, 0.3) is 0 Å². The van der Waals surface area contributed by atoms with Crippen molar-refractivity contribution in [2.75, 3.05) is 6.54 Å². The predicted molar refractivity (Wildman–Crippen MR) is 77.4 cm³/mol. The van der Waals surface area contributed by atoms with Crippen LogP contribution < -0.4 is 5.32 Å². The van der Waals surface area contributed by atoms with Crippen LogP contribution in [-0.4, -0.2) is 12.6 Å². The molecule has 0 radical (unpaired) electrons. The van der Waals surface area contributed by atoms with Gasteiger partial charge >= 0.3 is 0 Å². The van der Waals surface area contributed by atoms with E-state index in [-0.39, 0.29) is 0 Å². The molecule has 0 amide bonds. The van der Waals surface area contributed by atoms with Crippen LogP contribution in [0.2, 0.25) is 0 Å². The van der Waals surface area contributed by atoms with Crippen molar-refractivity contribution in [3.05, 3.63) is 40.0 Å². The highest BCUT2D eigenvalue weighted by atomic mass is 14.9. The molecule has 1 heteroatoms. The zero-order valence-corrected chi connectivity index (χ0v) is 12.0. The van der Waals surface area contributed by atoms with Crippen LogP contribution in [0.3, 0.4) is 0 Å². The van der Waals surface area contributed by atoms with Crippen LogP contribution in [0.15, 0.2) is 17.7 Å². The average molecular weight is 231 g/mol. The highest BCUT2D eigenvalue weighted by Gasteiger charge is 2.00. The van der Waals surface area contributed by atoms with Crippen LogP contribution >= 0.6 is 0 Å². The lowest BCUT2D eigenvalue weighted by Gasteiger charge is -2.10. The van der Waals surface area contributed by atoms with E-state index < -0.39 is 0 Å². The number of hydrogen-bond donors (Lipinski definition) is 1. The molecule has 0 heterocycles. The van der Waals surface area contributed by atoms with Crippen molar-refractivity contribution in [2.45, 2.75) is 47.6 Å². The van der Waals surface area contributed by atoms with Crippen molar-refractivity contribution in [2.24, 2.45) is 0 Å². The van der Waals surface area contributed by atoms with Gasteiger partial charge in [-0.15, -0.1) is 0 Å². The normalized spacial score (nSPS) is 12.3. The van der Waals surface area contributed by atoms with E-state index in [2.05, 4.69) is 65.1 Å². The molecule has 94 valence electrons. The molecule has 0 aliphatic carbocycles. The Labute approximate surface area is 106 Å². The van der Waals surface area contributed by atoms with E-state index in [1.807, 2.05) is 0 Å². The van der Waals surface area contributed by atoms with Gasteiger partial charge < -0.3 is 5.32 Å². The van der Waals surface area contributed by atoms with Gasteiger partial charge in [-0.1, -0.05) is 37.6 Å². The molecule has 17 heavy (non-hydrogen) atoms. The highest BCUT2D eigenvalue weighted by Crippen LogP contribution is 2.17. The smallest absolute Gasteiger partial charge is 0.0167 e. The number of hydrogen-bond acceptors (Lipinski definition) is 1. The third-order valence-corrected chi connectivity index (χ3v) is 3.07. The van der Waals surface area contributed by atoms with E-state index in [1.54, 1.807) is 0 Å². The van der Waals surface area contributed by atoms with Gasteiger partial charge in [0.05, 0.1) is 0 Å². The van der Waals surface area contributed by atoms with E-state index in [9.17, 15) is 0 Å². The largest absolute Gasteiger partial charge is 0.311 e. The van der Waals surface area contributed by atoms with E-state index >= 15 is 0 Å². The predicted octanol–water partition coefficient (Wildman–Crippen LogP) is 4.01. The molecule has 1 rings (SSSR count). The lowest BCUT2D eigenvalue weighted by atomic mass is 9.99. The Hall–Kier alpha value is -1.08. The minimum Gasteiger partial charge on any atom is -0.311 e. The maximum Gasteiger partial charge on any atom is 0.0167 e. The fourth-order valence-electron chi connectivity index (χ4n) is 1.82. The molecular weight excluding hydrogens is 206 g/mol. The molecule has 0 atom stereocenters. The number of benzene rings is 1. The molecule has 0 aromatic heterocycles. The van der Waals surface area contributed by atoms with Crippen molar-refractivity contribution in [3.63, 3.8) is 0 Å². The number of rotatable bonds is 4. The van der Waals surface area contributed by atoms with Gasteiger partial charge in [-0.25, -0.2) is 0 Å². The first-order valence-electron chi connectivity index (χ1n) is 6.38. The Morgan fingerprint density at radius 3 is 2.29 bits per heavy atom. The maximum absolute atomic E-state index is 3.44. The third-order valence-electron chi connectivity index (χ3n) is 3.07. The summed E-state index contributed by atoms with van der Waals surface area (Å²) in [6.07, 6.45) is 2.29. The summed E-state index contributed by atoms with van der Waals surface area (Å²) < 4.78 is 0. The Bertz CT molecular complexity index is 414. The summed E-state index contributed by atoms with van der Waals surface area (Å²) in [6, 6.07) is 5.09. The van der Waals surface area contributed by atoms with Crippen molar-refractivity contribution in [1.29, 1.82) is 0 Å². The second-order valence-corrected chi connectivity index (χ2v) is 5.32. The van der Waals surface area contributed by atoms with Gasteiger partial charge in [-0.2, -0.15) is 0 Å². The van der Waals surface area contributed by atoms with Crippen LogP contribution in [0.25, 0.3) is 6.08 Å². The lowest BCUT2D eigenvalue weighted by molar-refractivity contribution is 0.623. The topological polar surface area (TPSA) is 12.0 Å². The molecule has 0 spiro atoms. The summed E-state index contributed by atoms with van der Waals surface area (Å²) in [5, 5.41) is 3.44. The van der Waals surface area contributed by atoms with Crippen molar-refractivity contribution >= 4 is 6.08 Å². The zero-order chi connectivity index (χ0) is 13.0. The van der Waals surface area contributed by atoms with Crippen LogP contribution in [0, 0.1) is 20.8 Å². The van der Waals surface area contributed by atoms with Gasteiger partial charge in [0, 0.05) is 12.6 Å². The summed E-state index contributed by atoms with van der Waals surface area (Å²) in [4.78, 5) is 0. The average Bonchev–Trinajstić information content (AvgIpc) is 2.23. The van der Waals surface area contributed by atoms with Crippen LogP contribution in [0.1, 0.15) is 43.0 Å². The van der Waals surface area contributed by atoms with Gasteiger partial charge in [-0.3, -0.25) is 0 Å². The van der Waals surface area contributed by atoms with Crippen LogP contribution in [-0.2, 0) is 0 Å². The Morgan fingerprint density at radius 1 is 1.12 bits per heavy atom. The Morgan fingerprint density at radius 2 is 1.71 bits per heavy atom. The lowest BCUT2D eigenvalue weighted by Crippen LogP contribution is -2.24. The monoisotopic (exact) mass is 231 g/mol. The van der Waals surface area contributed by atoms with Gasteiger partial charge in [-0.05, 0) is 49.9 Å². The minimum absolute atomic E-state index is 0.541. The highest BCUT2D eigenvalue weighted by molar-refractivity contribution is 5.58. The van der Waals surface area contributed by atoms with E-state index in [0.717, 1.165) is 6.54 Å². The quantitative estimate of drug-likeness (QED) is 0.825. The van der Waals surface area contributed by atoms with Crippen LogP contribution in [0.4, 0.5) is 0 Å². The molecule has 0 saturated carbocycles. The molecule has 0 unspecified atom stereocenters. The zero-order valence-electron chi connectivity index (χ0n) is 12.0. The third kappa shape index (κ3) is 4.35. The van der Waals surface area contributed by atoms with Crippen molar-refractivity contribution in [1.82, 2.24) is 5.32 Å². The molecule has 0 fully saturated rings. The van der Waals surface area contributed by atoms with Gasteiger partial charge in [0.15, 0.2) is 0 Å². The summed E-state index contributed by atoms with van der Waals surface area (Å²) in [6.45, 7) is 14.0. The fourth-order valence-corrected chi connectivity index (χ4v) is 1.82. The molecule has 1 aromatic rings. The number of aryl methyl sites for hydroxylation is 3. The van der Waals surface area contributed by atoms with E-state index in [1.165, 1.54) is 27.8 Å². The van der Waals surface area contributed by atoms with E-state index in [0.29, 0.717) is 6.04 Å². The van der Waals surface area contributed by atoms with Crippen molar-refractivity contribution in [3.8, 4) is 0 Å². The standard InChI is InChI=1S/C16H25N/c1-11(2)17-10-12(3)7-16-9-14(5)13(4)8-15(16)6/h7-9,11,17H,10H2,1-6H3. The molecule has 1 N–H and O–H groups in total. The maximum atomic E-state index is 3.44. The first kappa shape index (κ1) is 14.0. The fraction of sp³-hybridized carbons (Fsp3) is 0.500. The molecule has 0 aliphatic rings. The minimum atomic E-state index is 0.541. The molecular formula is C16H25N. The van der Waals surface area contributed by atoms with Gasteiger partial charge in [0.1, 0.15) is 0 Å². The summed E-state index contributed by atoms with van der Waals surface area (Å²) in [7, 11) is 0. The second-order valence-electron chi connectivity index (χ2n) is 5.32. The Balaban J connectivity index is 2.86. The molecule has 0 aliphatic heterocycles. The van der Waals surface area contributed by atoms with Crippen LogP contribution in [0.5, 0.6) is 0 Å². The SMILES string of the molecule is CC(=Cc1cc(C)c(C)cc1C)CNC(C)C. The van der Waals surface area contributed by atoms with E-state index in [4.69, 9.17) is 0 Å². The first-order valence-corrected chi connectivity index (χ1v) is 6.38. The second kappa shape index (κ2) is 6.02. The summed E-state index contributed by atoms with van der Waals surface area (Å²) >= 11 is 0. The van der Waals surface area contributed by atoms with Gasteiger partial charge in [0.2, 0.25) is 0 Å². The first-order chi connectivity index (χ1) is 7.90. The Kier molecular flexibility index (Phi) is 4.95. The molecule has 1 aromatic carbocycles. The summed E-state index contributed by atoms with van der Waals surface area (Å²) in [5.41, 5.74) is 6.82. The molecule has 1 nitrogen and oxygen atoms in total. The summed E-state index contributed by atoms with van der Waals surface area (Å²) in [5.74, 6) is 0.